The van der Waals surface area contributed by atoms with Crippen molar-refractivity contribution in [3.8, 4) is 5.75 Å². The second-order valence-electron chi connectivity index (χ2n) is 4.51. The lowest BCUT2D eigenvalue weighted by Gasteiger charge is -2.19. The van der Waals surface area contributed by atoms with Gasteiger partial charge in [0, 0.05) is 18.0 Å². The maximum absolute atomic E-state index is 10.7. The van der Waals surface area contributed by atoms with Crippen molar-refractivity contribution in [2.45, 2.75) is 13.0 Å². The molecule has 1 aromatic heterocycles. The molecule has 2 rings (SSSR count). The number of hydrogen-bond acceptors (Lipinski definition) is 3. The Labute approximate surface area is 133 Å². The monoisotopic (exact) mass is 323 g/mol. The molecule has 0 aliphatic carbocycles. The molecule has 0 radical (unpaired) electrons. The van der Waals surface area contributed by atoms with Crippen molar-refractivity contribution in [1.82, 2.24) is 4.98 Å². The number of ether oxygens (including phenoxy) is 1. The first-order chi connectivity index (χ1) is 10.1. The molecule has 0 aliphatic heterocycles. The van der Waals surface area contributed by atoms with Gasteiger partial charge in [0.1, 0.15) is 18.5 Å². The highest BCUT2D eigenvalue weighted by Gasteiger charge is 2.22. The topological polar surface area (TPSA) is 42.4 Å². The van der Waals surface area contributed by atoms with E-state index in [0.717, 1.165) is 5.56 Å². The molecule has 3 nitrogen and oxygen atoms in total. The molecule has 0 fully saturated rings. The summed E-state index contributed by atoms with van der Waals surface area (Å²) < 4.78 is 5.57. The van der Waals surface area contributed by atoms with Gasteiger partial charge in [-0.1, -0.05) is 35.9 Å². The Morgan fingerprint density at radius 2 is 2.14 bits per heavy atom. The lowest BCUT2D eigenvalue weighted by molar-refractivity contribution is 0.212. The molecule has 1 aromatic carbocycles. The average Bonchev–Trinajstić information content (AvgIpc) is 2.48. The van der Waals surface area contributed by atoms with Crippen LogP contribution in [0.4, 0.5) is 0 Å². The van der Waals surface area contributed by atoms with Crippen LogP contribution in [0.3, 0.4) is 0 Å². The second-order valence-corrected chi connectivity index (χ2v) is 5.29. The summed E-state index contributed by atoms with van der Waals surface area (Å²) in [5.41, 5.74) is 2.01. The SMILES string of the molecule is C=CCOc1ccc(Cl)c(Cl)c1C(O)c1ccncc1C. The van der Waals surface area contributed by atoms with E-state index >= 15 is 0 Å². The molecular formula is C16H15Cl2NO2. The summed E-state index contributed by atoms with van der Waals surface area (Å²) in [7, 11) is 0. The first-order valence-corrected chi connectivity index (χ1v) is 7.12. The van der Waals surface area contributed by atoms with E-state index in [0.29, 0.717) is 28.5 Å². The van der Waals surface area contributed by atoms with Gasteiger partial charge in [-0.25, -0.2) is 0 Å². The third kappa shape index (κ3) is 3.38. The van der Waals surface area contributed by atoms with Crippen LogP contribution in [0.15, 0.2) is 43.2 Å². The maximum atomic E-state index is 10.7. The standard InChI is InChI=1S/C16H15Cl2NO2/c1-3-8-21-13-5-4-12(17)15(18)14(13)16(20)11-6-7-19-9-10(11)2/h3-7,9,16,20H,1,8H2,2H3. The van der Waals surface area contributed by atoms with Crippen LogP contribution < -0.4 is 4.74 Å². The van der Waals surface area contributed by atoms with Crippen LogP contribution >= 0.6 is 23.2 Å². The van der Waals surface area contributed by atoms with Crippen LogP contribution in [0.5, 0.6) is 5.75 Å². The molecule has 21 heavy (non-hydrogen) atoms. The van der Waals surface area contributed by atoms with Crippen LogP contribution in [0.2, 0.25) is 10.0 Å². The van der Waals surface area contributed by atoms with Crippen LogP contribution in [-0.4, -0.2) is 16.7 Å². The van der Waals surface area contributed by atoms with Crippen molar-refractivity contribution in [3.05, 3.63) is 70.0 Å². The van der Waals surface area contributed by atoms with Crippen LogP contribution in [0.25, 0.3) is 0 Å². The van der Waals surface area contributed by atoms with Gasteiger partial charge >= 0.3 is 0 Å². The van der Waals surface area contributed by atoms with Crippen LogP contribution in [0.1, 0.15) is 22.8 Å². The van der Waals surface area contributed by atoms with Gasteiger partial charge in [-0.05, 0) is 36.2 Å². The summed E-state index contributed by atoms with van der Waals surface area (Å²) in [6.07, 6.45) is 3.98. The zero-order valence-corrected chi connectivity index (χ0v) is 13.0. The fraction of sp³-hybridized carbons (Fsp3) is 0.188. The largest absolute Gasteiger partial charge is 0.489 e. The lowest BCUT2D eigenvalue weighted by atomic mass is 9.98. The second kappa shape index (κ2) is 6.94. The maximum Gasteiger partial charge on any atom is 0.127 e. The van der Waals surface area contributed by atoms with Gasteiger partial charge in [0.25, 0.3) is 0 Å². The molecule has 2 aromatic rings. The molecule has 0 saturated heterocycles. The summed E-state index contributed by atoms with van der Waals surface area (Å²) in [5, 5.41) is 11.3. The Morgan fingerprint density at radius 3 is 2.81 bits per heavy atom. The Kier molecular flexibility index (Phi) is 5.23. The third-order valence-corrected chi connectivity index (χ3v) is 3.90. The van der Waals surface area contributed by atoms with Gasteiger partial charge in [0.15, 0.2) is 0 Å². The minimum atomic E-state index is -0.945. The molecule has 0 spiro atoms. The zero-order valence-electron chi connectivity index (χ0n) is 11.5. The first-order valence-electron chi connectivity index (χ1n) is 6.36. The van der Waals surface area contributed by atoms with Crippen molar-refractivity contribution in [3.63, 3.8) is 0 Å². The van der Waals surface area contributed by atoms with Gasteiger partial charge in [-0.15, -0.1) is 0 Å². The number of rotatable bonds is 5. The minimum absolute atomic E-state index is 0.280. The van der Waals surface area contributed by atoms with Crippen molar-refractivity contribution in [2.75, 3.05) is 6.61 Å². The molecule has 5 heteroatoms. The number of nitrogens with zero attached hydrogens (tertiary/aromatic N) is 1. The van der Waals surface area contributed by atoms with Crippen molar-refractivity contribution >= 4 is 23.2 Å². The number of aryl methyl sites for hydroxylation is 1. The molecule has 1 N–H and O–H groups in total. The van der Waals surface area contributed by atoms with Crippen molar-refractivity contribution < 1.29 is 9.84 Å². The number of aliphatic hydroxyl groups excluding tert-OH is 1. The third-order valence-electron chi connectivity index (χ3n) is 3.08. The van der Waals surface area contributed by atoms with E-state index in [9.17, 15) is 5.11 Å². The number of halogens is 2. The highest BCUT2D eigenvalue weighted by Crippen LogP contribution is 2.40. The molecular weight excluding hydrogens is 309 g/mol. The highest BCUT2D eigenvalue weighted by atomic mass is 35.5. The smallest absolute Gasteiger partial charge is 0.127 e. The first kappa shape index (κ1) is 15.8. The Bertz CT molecular complexity index is 659. The molecule has 0 aliphatic rings. The summed E-state index contributed by atoms with van der Waals surface area (Å²) in [6.45, 7) is 5.79. The summed E-state index contributed by atoms with van der Waals surface area (Å²) in [5.74, 6) is 0.480. The van der Waals surface area contributed by atoms with Crippen molar-refractivity contribution in [1.29, 1.82) is 0 Å². The summed E-state index contributed by atoms with van der Waals surface area (Å²) in [4.78, 5) is 4.02. The lowest BCUT2D eigenvalue weighted by Crippen LogP contribution is -2.07. The Hall–Kier alpha value is -1.55. The molecule has 0 bridgehead atoms. The van der Waals surface area contributed by atoms with Gasteiger partial charge in [-0.3, -0.25) is 4.98 Å². The molecule has 1 heterocycles. The van der Waals surface area contributed by atoms with Gasteiger partial charge in [-0.2, -0.15) is 0 Å². The number of benzene rings is 1. The number of aromatic nitrogens is 1. The van der Waals surface area contributed by atoms with Gasteiger partial charge in [0.2, 0.25) is 0 Å². The van der Waals surface area contributed by atoms with E-state index in [-0.39, 0.29) is 5.02 Å². The highest BCUT2D eigenvalue weighted by molar-refractivity contribution is 6.42. The average molecular weight is 324 g/mol. The summed E-state index contributed by atoms with van der Waals surface area (Å²) in [6, 6.07) is 5.07. The fourth-order valence-corrected chi connectivity index (χ4v) is 2.45. The number of pyridine rings is 1. The van der Waals surface area contributed by atoms with Crippen molar-refractivity contribution in [2.24, 2.45) is 0 Å². The molecule has 1 atom stereocenters. The fourth-order valence-electron chi connectivity index (χ4n) is 2.02. The van der Waals surface area contributed by atoms with Crippen LogP contribution in [0, 0.1) is 6.92 Å². The van der Waals surface area contributed by atoms with E-state index < -0.39 is 6.10 Å². The zero-order chi connectivity index (χ0) is 15.4. The Balaban J connectivity index is 2.53. The Morgan fingerprint density at radius 1 is 1.38 bits per heavy atom. The minimum Gasteiger partial charge on any atom is -0.489 e. The summed E-state index contributed by atoms with van der Waals surface area (Å²) >= 11 is 12.3. The molecule has 1 unspecified atom stereocenters. The normalized spacial score (nSPS) is 12.0. The van der Waals surface area contributed by atoms with Crippen LogP contribution in [-0.2, 0) is 0 Å². The van der Waals surface area contributed by atoms with E-state index in [1.165, 1.54) is 0 Å². The molecule has 0 amide bonds. The van der Waals surface area contributed by atoms with E-state index in [1.54, 1.807) is 36.7 Å². The van der Waals surface area contributed by atoms with Gasteiger partial charge in [0.05, 0.1) is 10.0 Å². The number of aliphatic hydroxyl groups is 1. The molecule has 110 valence electrons. The van der Waals surface area contributed by atoms with E-state index in [2.05, 4.69) is 11.6 Å². The van der Waals surface area contributed by atoms with E-state index in [1.807, 2.05) is 6.92 Å². The predicted octanol–water partition coefficient (Wildman–Crippen LogP) is 4.34. The molecule has 0 saturated carbocycles. The number of hydrogen-bond donors (Lipinski definition) is 1. The van der Waals surface area contributed by atoms with Gasteiger partial charge < -0.3 is 9.84 Å². The quantitative estimate of drug-likeness (QED) is 0.832. The predicted molar refractivity (Wildman–Crippen MR) is 85.2 cm³/mol. The van der Waals surface area contributed by atoms with E-state index in [4.69, 9.17) is 27.9 Å².